The fourth-order valence-corrected chi connectivity index (χ4v) is 4.55. The smallest absolute Gasteiger partial charge is 0.410 e. The van der Waals surface area contributed by atoms with E-state index in [2.05, 4.69) is 17.0 Å². The molecule has 1 aromatic rings. The van der Waals surface area contributed by atoms with Crippen LogP contribution in [0.15, 0.2) is 18.2 Å². The molecule has 3 aliphatic rings. The molecule has 0 spiro atoms. The highest BCUT2D eigenvalue weighted by Gasteiger charge is 2.30. The molecule has 0 saturated carbocycles. The van der Waals surface area contributed by atoms with Gasteiger partial charge in [0.1, 0.15) is 5.60 Å². The summed E-state index contributed by atoms with van der Waals surface area (Å²) in [6.45, 7) is 10.6. The number of hydrogen-bond donors (Lipinski definition) is 0. The van der Waals surface area contributed by atoms with Gasteiger partial charge >= 0.3 is 6.09 Å². The molecule has 0 N–H and O–H groups in total. The Balaban J connectivity index is 1.38. The van der Waals surface area contributed by atoms with Gasteiger partial charge in [-0.3, -0.25) is 4.79 Å². The first-order valence-electron chi connectivity index (χ1n) is 11.6. The summed E-state index contributed by atoms with van der Waals surface area (Å²) in [6.07, 6.45) is 4.15. The fourth-order valence-electron chi connectivity index (χ4n) is 4.55. The van der Waals surface area contributed by atoms with Gasteiger partial charge in [-0.1, -0.05) is 6.07 Å². The summed E-state index contributed by atoms with van der Waals surface area (Å²) in [5, 5.41) is 0. The molecule has 170 valence electrons. The Hall–Kier alpha value is -2.28. The number of fused-ring (bicyclic) bond motifs is 1. The van der Waals surface area contributed by atoms with Crippen molar-refractivity contribution in [1.82, 2.24) is 9.80 Å². The lowest BCUT2D eigenvalue weighted by molar-refractivity contribution is -0.00441. The number of amides is 2. The lowest BCUT2D eigenvalue weighted by atomic mass is 9.97. The number of ether oxygens (including phenoxy) is 2. The van der Waals surface area contributed by atoms with Gasteiger partial charge < -0.3 is 24.2 Å². The SMILES string of the molecule is CC(C)(C)OC(=O)N1CCN(c2ccc3c(c2)C(=O)N(CC2CCCCO2)CC3)CC1. The summed E-state index contributed by atoms with van der Waals surface area (Å²) >= 11 is 0. The van der Waals surface area contributed by atoms with E-state index in [4.69, 9.17) is 9.47 Å². The Labute approximate surface area is 185 Å². The van der Waals surface area contributed by atoms with Crippen molar-refractivity contribution in [2.24, 2.45) is 0 Å². The predicted octanol–water partition coefficient (Wildman–Crippen LogP) is 3.31. The highest BCUT2D eigenvalue weighted by Crippen LogP contribution is 2.27. The molecule has 0 radical (unpaired) electrons. The van der Waals surface area contributed by atoms with Crippen molar-refractivity contribution >= 4 is 17.7 Å². The molecule has 2 fully saturated rings. The molecule has 1 aromatic carbocycles. The normalized spacial score (nSPS) is 22.4. The minimum absolute atomic E-state index is 0.115. The maximum atomic E-state index is 13.2. The number of carbonyl (C=O) groups excluding carboxylic acids is 2. The van der Waals surface area contributed by atoms with Crippen LogP contribution in [0.25, 0.3) is 0 Å². The van der Waals surface area contributed by atoms with E-state index in [1.165, 1.54) is 6.42 Å². The molecule has 2 amide bonds. The molecule has 3 heterocycles. The summed E-state index contributed by atoms with van der Waals surface area (Å²) in [5.41, 5.74) is 2.50. The van der Waals surface area contributed by atoms with E-state index in [1.807, 2.05) is 31.7 Å². The van der Waals surface area contributed by atoms with Crippen LogP contribution in [0.4, 0.5) is 10.5 Å². The van der Waals surface area contributed by atoms with Gasteiger partial charge in [0.15, 0.2) is 0 Å². The van der Waals surface area contributed by atoms with Gasteiger partial charge in [-0.25, -0.2) is 4.79 Å². The van der Waals surface area contributed by atoms with Gasteiger partial charge in [-0.05, 0) is 64.2 Å². The molecule has 31 heavy (non-hydrogen) atoms. The first kappa shape index (κ1) is 21.9. The molecule has 7 heteroatoms. The zero-order valence-electron chi connectivity index (χ0n) is 19.1. The van der Waals surface area contributed by atoms with Gasteiger partial charge in [0.2, 0.25) is 0 Å². The van der Waals surface area contributed by atoms with Gasteiger partial charge in [-0.2, -0.15) is 0 Å². The molecular weight excluding hydrogens is 394 g/mol. The second-order valence-electron chi connectivity index (χ2n) is 9.79. The van der Waals surface area contributed by atoms with Crippen LogP contribution in [-0.4, -0.2) is 79.4 Å². The van der Waals surface area contributed by atoms with Crippen LogP contribution in [0, 0.1) is 0 Å². The second-order valence-corrected chi connectivity index (χ2v) is 9.79. The Kier molecular flexibility index (Phi) is 6.42. The summed E-state index contributed by atoms with van der Waals surface area (Å²) in [6, 6.07) is 6.24. The topological polar surface area (TPSA) is 62.3 Å². The van der Waals surface area contributed by atoms with Crippen molar-refractivity contribution in [3.63, 3.8) is 0 Å². The van der Waals surface area contributed by atoms with Crippen LogP contribution < -0.4 is 4.90 Å². The Bertz CT molecular complexity index is 806. The van der Waals surface area contributed by atoms with Crippen molar-refractivity contribution < 1.29 is 19.1 Å². The summed E-state index contributed by atoms with van der Waals surface area (Å²) in [5.74, 6) is 0.115. The summed E-state index contributed by atoms with van der Waals surface area (Å²) in [7, 11) is 0. The van der Waals surface area contributed by atoms with E-state index in [9.17, 15) is 9.59 Å². The number of nitrogens with zero attached hydrogens (tertiary/aromatic N) is 3. The number of carbonyl (C=O) groups is 2. The van der Waals surface area contributed by atoms with E-state index in [0.717, 1.165) is 62.3 Å². The van der Waals surface area contributed by atoms with Crippen LogP contribution in [0.2, 0.25) is 0 Å². The van der Waals surface area contributed by atoms with Crippen LogP contribution in [0.5, 0.6) is 0 Å². The quantitative estimate of drug-likeness (QED) is 0.738. The molecule has 4 rings (SSSR count). The highest BCUT2D eigenvalue weighted by atomic mass is 16.6. The van der Waals surface area contributed by atoms with E-state index >= 15 is 0 Å². The summed E-state index contributed by atoms with van der Waals surface area (Å²) in [4.78, 5) is 31.5. The van der Waals surface area contributed by atoms with E-state index in [-0.39, 0.29) is 18.1 Å². The molecule has 3 aliphatic heterocycles. The van der Waals surface area contributed by atoms with E-state index in [1.54, 1.807) is 4.90 Å². The third-order valence-electron chi connectivity index (χ3n) is 6.26. The third kappa shape index (κ3) is 5.32. The summed E-state index contributed by atoms with van der Waals surface area (Å²) < 4.78 is 11.3. The van der Waals surface area contributed by atoms with Crippen LogP contribution >= 0.6 is 0 Å². The number of piperazine rings is 1. The van der Waals surface area contributed by atoms with Crippen molar-refractivity contribution in [1.29, 1.82) is 0 Å². The van der Waals surface area contributed by atoms with E-state index in [0.29, 0.717) is 19.6 Å². The van der Waals surface area contributed by atoms with Gasteiger partial charge in [0.25, 0.3) is 5.91 Å². The predicted molar refractivity (Wildman–Crippen MR) is 120 cm³/mol. The lowest BCUT2D eigenvalue weighted by Gasteiger charge is -2.37. The first-order valence-corrected chi connectivity index (χ1v) is 11.6. The molecule has 1 unspecified atom stereocenters. The molecule has 1 atom stereocenters. The van der Waals surface area contributed by atoms with Gasteiger partial charge in [-0.15, -0.1) is 0 Å². The fraction of sp³-hybridized carbons (Fsp3) is 0.667. The number of anilines is 1. The monoisotopic (exact) mass is 429 g/mol. The third-order valence-corrected chi connectivity index (χ3v) is 6.26. The largest absolute Gasteiger partial charge is 0.444 e. The molecule has 0 aromatic heterocycles. The average molecular weight is 430 g/mol. The lowest BCUT2D eigenvalue weighted by Crippen LogP contribution is -2.50. The highest BCUT2D eigenvalue weighted by molar-refractivity contribution is 5.97. The van der Waals surface area contributed by atoms with Crippen molar-refractivity contribution in [3.8, 4) is 0 Å². The van der Waals surface area contributed by atoms with Crippen molar-refractivity contribution in [2.45, 2.75) is 58.2 Å². The zero-order chi connectivity index (χ0) is 22.0. The molecule has 2 saturated heterocycles. The number of benzene rings is 1. The Morgan fingerprint density at radius 1 is 1.13 bits per heavy atom. The Morgan fingerprint density at radius 2 is 1.90 bits per heavy atom. The van der Waals surface area contributed by atoms with Crippen LogP contribution in [0.1, 0.15) is 56.0 Å². The molecule has 7 nitrogen and oxygen atoms in total. The van der Waals surface area contributed by atoms with Crippen LogP contribution in [-0.2, 0) is 15.9 Å². The first-order chi connectivity index (χ1) is 14.8. The maximum Gasteiger partial charge on any atom is 0.410 e. The minimum Gasteiger partial charge on any atom is -0.444 e. The second kappa shape index (κ2) is 9.07. The maximum absolute atomic E-state index is 13.2. The van der Waals surface area contributed by atoms with Gasteiger partial charge in [0.05, 0.1) is 6.10 Å². The van der Waals surface area contributed by atoms with Crippen molar-refractivity contribution in [2.75, 3.05) is 50.8 Å². The number of rotatable bonds is 3. The minimum atomic E-state index is -0.485. The molecule has 0 bridgehead atoms. The van der Waals surface area contributed by atoms with Crippen molar-refractivity contribution in [3.05, 3.63) is 29.3 Å². The van der Waals surface area contributed by atoms with Gasteiger partial charge in [0, 0.05) is 57.1 Å². The van der Waals surface area contributed by atoms with E-state index < -0.39 is 5.60 Å². The molecule has 0 aliphatic carbocycles. The zero-order valence-corrected chi connectivity index (χ0v) is 19.1. The molecular formula is C24H35N3O4. The standard InChI is InChI=1S/C24H35N3O4/c1-24(2,3)31-23(29)26-13-11-25(12-14-26)19-8-7-18-9-10-27(22(28)21(18)16-19)17-20-6-4-5-15-30-20/h7-8,16,20H,4-6,9-15,17H2,1-3H3. The van der Waals surface area contributed by atoms with Crippen LogP contribution in [0.3, 0.4) is 0 Å². The average Bonchev–Trinajstić information content (AvgIpc) is 2.75. The Morgan fingerprint density at radius 3 is 2.58 bits per heavy atom. The number of hydrogen-bond acceptors (Lipinski definition) is 5.